The number of likely N-dealkylation sites (tertiary alicyclic amines) is 1. The molecule has 1 aliphatic rings. The highest BCUT2D eigenvalue weighted by Crippen LogP contribution is 2.31. The first-order valence-electron chi connectivity index (χ1n) is 12.2. The van der Waals surface area contributed by atoms with Crippen molar-refractivity contribution in [2.24, 2.45) is 0 Å². The van der Waals surface area contributed by atoms with Crippen LogP contribution in [0, 0.1) is 11.3 Å². The molecule has 7 nitrogen and oxygen atoms in total. The lowest BCUT2D eigenvalue weighted by molar-refractivity contribution is -0.136. The predicted octanol–water partition coefficient (Wildman–Crippen LogP) is 6.26. The van der Waals surface area contributed by atoms with Gasteiger partial charge in [0.2, 0.25) is 0 Å². The molecule has 1 aromatic heterocycles. The fourth-order valence-corrected chi connectivity index (χ4v) is 5.03. The van der Waals surface area contributed by atoms with Gasteiger partial charge in [-0.3, -0.25) is 0 Å². The molecule has 0 spiro atoms. The molecule has 2 aromatic carbocycles. The van der Waals surface area contributed by atoms with E-state index in [4.69, 9.17) is 19.5 Å². The number of thiophene rings is 1. The second kappa shape index (κ2) is 11.1. The summed E-state index contributed by atoms with van der Waals surface area (Å²) in [5.41, 5.74) is 1.21. The molecular formula is C29H30N2O5S. The van der Waals surface area contributed by atoms with Gasteiger partial charge in [-0.1, -0.05) is 12.1 Å². The van der Waals surface area contributed by atoms with E-state index in [1.807, 2.05) is 69.3 Å². The topological polar surface area (TPSA) is 88.9 Å². The molecule has 37 heavy (non-hydrogen) atoms. The van der Waals surface area contributed by atoms with E-state index in [9.17, 15) is 9.59 Å². The monoisotopic (exact) mass is 518 g/mol. The van der Waals surface area contributed by atoms with E-state index in [1.54, 1.807) is 29.2 Å². The van der Waals surface area contributed by atoms with E-state index in [1.165, 1.54) is 0 Å². The molecule has 8 heteroatoms. The van der Waals surface area contributed by atoms with Gasteiger partial charge in [0.15, 0.2) is 0 Å². The van der Waals surface area contributed by atoms with Crippen LogP contribution in [0.2, 0.25) is 0 Å². The second-order valence-electron chi connectivity index (χ2n) is 9.77. The van der Waals surface area contributed by atoms with Crippen LogP contribution in [0.25, 0.3) is 21.7 Å². The number of nitrogens with zero attached hydrogens (tertiary/aromatic N) is 2. The van der Waals surface area contributed by atoms with Gasteiger partial charge in [-0.05, 0) is 81.1 Å². The molecule has 1 amide bonds. The number of hydrogen-bond donors (Lipinski definition) is 0. The number of ether oxygens (including phenoxy) is 3. The summed E-state index contributed by atoms with van der Waals surface area (Å²) in [5.74, 6) is 0.254. The van der Waals surface area contributed by atoms with Gasteiger partial charge in [0, 0.05) is 22.5 Å². The molecule has 0 bridgehead atoms. The first-order valence-corrected chi connectivity index (χ1v) is 13.0. The number of rotatable bonds is 6. The van der Waals surface area contributed by atoms with Crippen LogP contribution < -0.4 is 4.74 Å². The normalized spacial score (nSPS) is 15.9. The largest absolute Gasteiger partial charge is 0.489 e. The molecule has 2 heterocycles. The molecule has 4 rings (SSSR count). The van der Waals surface area contributed by atoms with Crippen molar-refractivity contribution >= 4 is 45.1 Å². The Hall–Kier alpha value is -3.83. The van der Waals surface area contributed by atoms with E-state index >= 15 is 0 Å². The fourth-order valence-electron chi connectivity index (χ4n) is 4.04. The van der Waals surface area contributed by atoms with Crippen LogP contribution in [0.15, 0.2) is 48.5 Å². The second-order valence-corrected chi connectivity index (χ2v) is 10.9. The van der Waals surface area contributed by atoms with Crippen LogP contribution in [-0.2, 0) is 14.3 Å². The maximum absolute atomic E-state index is 12.8. The van der Waals surface area contributed by atoms with E-state index in [-0.39, 0.29) is 18.8 Å². The van der Waals surface area contributed by atoms with Gasteiger partial charge in [-0.2, -0.15) is 5.26 Å². The van der Waals surface area contributed by atoms with Crippen molar-refractivity contribution in [1.82, 2.24) is 4.90 Å². The molecule has 1 atom stereocenters. The zero-order chi connectivity index (χ0) is 26.6. The molecule has 192 valence electrons. The Kier molecular flexibility index (Phi) is 7.84. The zero-order valence-corrected chi connectivity index (χ0v) is 22.3. The maximum Gasteiger partial charge on any atom is 0.410 e. The molecule has 1 aliphatic heterocycles. The van der Waals surface area contributed by atoms with Gasteiger partial charge in [-0.15, -0.1) is 11.3 Å². The van der Waals surface area contributed by atoms with Crippen molar-refractivity contribution < 1.29 is 23.8 Å². The lowest BCUT2D eigenvalue weighted by Crippen LogP contribution is -2.36. The van der Waals surface area contributed by atoms with Crippen molar-refractivity contribution in [2.45, 2.75) is 45.8 Å². The Balaban J connectivity index is 1.49. The quantitative estimate of drug-likeness (QED) is 0.282. The average Bonchev–Trinajstić information content (AvgIpc) is 3.48. The molecule has 0 unspecified atom stereocenters. The highest BCUT2D eigenvalue weighted by Gasteiger charge is 2.31. The van der Waals surface area contributed by atoms with Gasteiger partial charge in [0.05, 0.1) is 30.4 Å². The Labute approximate surface area is 220 Å². The van der Waals surface area contributed by atoms with Crippen LogP contribution in [0.3, 0.4) is 0 Å². The van der Waals surface area contributed by atoms with Crippen LogP contribution in [0.1, 0.15) is 50.1 Å². The molecule has 0 N–H and O–H groups in total. The summed E-state index contributed by atoms with van der Waals surface area (Å²) in [6.45, 7) is 8.63. The van der Waals surface area contributed by atoms with Gasteiger partial charge in [0.25, 0.3) is 0 Å². The maximum atomic E-state index is 12.8. The smallest absolute Gasteiger partial charge is 0.410 e. The molecule has 0 saturated carbocycles. The zero-order valence-electron chi connectivity index (χ0n) is 21.4. The molecule has 0 aliphatic carbocycles. The van der Waals surface area contributed by atoms with Crippen LogP contribution in [0.5, 0.6) is 5.75 Å². The third-order valence-corrected chi connectivity index (χ3v) is 6.77. The van der Waals surface area contributed by atoms with Crippen molar-refractivity contribution in [3.63, 3.8) is 0 Å². The number of amides is 1. The minimum atomic E-state index is -0.536. The van der Waals surface area contributed by atoms with Gasteiger partial charge >= 0.3 is 12.1 Å². The molecule has 1 saturated heterocycles. The Morgan fingerprint density at radius 1 is 1.16 bits per heavy atom. The standard InChI is InChI=1S/C29H30N2O5S/c1-5-34-27(32)25(16-24-15-21-14-19(17-30)6-11-26(21)37-24)20-7-9-22(10-8-20)35-23-12-13-31(18-23)28(33)36-29(2,3)4/h6-11,14-16,23H,5,12-13,18H2,1-4H3/t23-/m0/s1. The fraction of sp³-hybridized carbons (Fsp3) is 0.345. The summed E-state index contributed by atoms with van der Waals surface area (Å²) in [7, 11) is 0. The van der Waals surface area contributed by atoms with Gasteiger partial charge in [-0.25, -0.2) is 9.59 Å². The lowest BCUT2D eigenvalue weighted by Gasteiger charge is -2.24. The highest BCUT2D eigenvalue weighted by molar-refractivity contribution is 7.19. The third kappa shape index (κ3) is 6.69. The highest BCUT2D eigenvalue weighted by atomic mass is 32.1. The first kappa shape index (κ1) is 26.2. The van der Waals surface area contributed by atoms with E-state index in [0.717, 1.165) is 15.0 Å². The molecule has 0 radical (unpaired) electrons. The van der Waals surface area contributed by atoms with Crippen LogP contribution in [-0.4, -0.2) is 48.4 Å². The Bertz CT molecular complexity index is 1360. The summed E-state index contributed by atoms with van der Waals surface area (Å²) >= 11 is 1.54. The minimum Gasteiger partial charge on any atom is -0.489 e. The van der Waals surface area contributed by atoms with Gasteiger partial charge < -0.3 is 19.1 Å². The van der Waals surface area contributed by atoms with E-state index in [2.05, 4.69) is 6.07 Å². The SMILES string of the molecule is CCOC(=O)C(=Cc1cc2cc(C#N)ccc2s1)c1ccc(O[C@H]2CCN(C(=O)OC(C)(C)C)C2)cc1. The number of carbonyl (C=O) groups excluding carboxylic acids is 2. The van der Waals surface area contributed by atoms with Crippen LogP contribution in [0.4, 0.5) is 4.79 Å². The van der Waals surface area contributed by atoms with E-state index in [0.29, 0.717) is 42.0 Å². The van der Waals surface area contributed by atoms with Crippen LogP contribution >= 0.6 is 11.3 Å². The summed E-state index contributed by atoms with van der Waals surface area (Å²) < 4.78 is 17.9. The van der Waals surface area contributed by atoms with Crippen molar-refractivity contribution in [2.75, 3.05) is 19.7 Å². The Morgan fingerprint density at radius 2 is 1.92 bits per heavy atom. The number of benzene rings is 2. The molecule has 3 aromatic rings. The predicted molar refractivity (Wildman–Crippen MR) is 144 cm³/mol. The van der Waals surface area contributed by atoms with Crippen molar-refractivity contribution in [3.8, 4) is 11.8 Å². The molecule has 1 fully saturated rings. The third-order valence-electron chi connectivity index (χ3n) is 5.71. The average molecular weight is 519 g/mol. The number of hydrogen-bond acceptors (Lipinski definition) is 7. The van der Waals surface area contributed by atoms with Crippen molar-refractivity contribution in [3.05, 3.63) is 64.5 Å². The number of fused-ring (bicyclic) bond motifs is 1. The number of carbonyl (C=O) groups is 2. The summed E-state index contributed by atoms with van der Waals surface area (Å²) in [5, 5.41) is 10.1. The molecular weight excluding hydrogens is 488 g/mol. The van der Waals surface area contributed by atoms with Gasteiger partial charge in [0.1, 0.15) is 17.5 Å². The van der Waals surface area contributed by atoms with Crippen molar-refractivity contribution in [1.29, 1.82) is 5.26 Å². The summed E-state index contributed by atoms with van der Waals surface area (Å²) in [6, 6.07) is 17.0. The lowest BCUT2D eigenvalue weighted by atomic mass is 10.0. The van der Waals surface area contributed by atoms with E-state index < -0.39 is 11.6 Å². The summed E-state index contributed by atoms with van der Waals surface area (Å²) in [4.78, 5) is 27.7. The summed E-state index contributed by atoms with van der Waals surface area (Å²) in [6.07, 6.45) is 2.08. The first-order chi connectivity index (χ1) is 17.6. The number of esters is 1. The minimum absolute atomic E-state index is 0.129. The Morgan fingerprint density at radius 3 is 2.59 bits per heavy atom. The number of nitriles is 1.